The van der Waals surface area contributed by atoms with Gasteiger partial charge in [0.05, 0.1) is 0 Å². The molecule has 0 heterocycles. The van der Waals surface area contributed by atoms with E-state index in [-0.39, 0.29) is 5.75 Å². The molecule has 2 nitrogen and oxygen atoms in total. The lowest BCUT2D eigenvalue weighted by atomic mass is 9.87. The SMILES string of the molecule is CC1CCCC(NCCOc2cccc(F)c2F)C1. The van der Waals surface area contributed by atoms with Crippen molar-refractivity contribution in [2.75, 3.05) is 13.2 Å². The average molecular weight is 269 g/mol. The van der Waals surface area contributed by atoms with Gasteiger partial charge in [0.15, 0.2) is 11.6 Å². The van der Waals surface area contributed by atoms with Gasteiger partial charge in [-0.25, -0.2) is 4.39 Å². The van der Waals surface area contributed by atoms with Crippen LogP contribution in [0.25, 0.3) is 0 Å². The first-order chi connectivity index (χ1) is 9.16. The Kier molecular flexibility index (Phi) is 5.14. The van der Waals surface area contributed by atoms with E-state index < -0.39 is 11.6 Å². The van der Waals surface area contributed by atoms with E-state index >= 15 is 0 Å². The molecule has 19 heavy (non-hydrogen) atoms. The summed E-state index contributed by atoms with van der Waals surface area (Å²) in [5.74, 6) is -1.02. The summed E-state index contributed by atoms with van der Waals surface area (Å²) in [6, 6.07) is 4.51. The molecular weight excluding hydrogens is 248 g/mol. The van der Waals surface area contributed by atoms with E-state index in [2.05, 4.69) is 12.2 Å². The van der Waals surface area contributed by atoms with Crippen molar-refractivity contribution in [2.45, 2.75) is 38.6 Å². The van der Waals surface area contributed by atoms with Crippen LogP contribution in [0.5, 0.6) is 5.75 Å². The van der Waals surface area contributed by atoms with Crippen molar-refractivity contribution in [3.05, 3.63) is 29.8 Å². The number of rotatable bonds is 5. The van der Waals surface area contributed by atoms with Gasteiger partial charge in [0.2, 0.25) is 5.82 Å². The highest BCUT2D eigenvalue weighted by molar-refractivity contribution is 5.24. The van der Waals surface area contributed by atoms with Crippen LogP contribution in [-0.4, -0.2) is 19.2 Å². The third-order valence-corrected chi connectivity index (χ3v) is 3.65. The van der Waals surface area contributed by atoms with Crippen LogP contribution >= 0.6 is 0 Å². The molecule has 1 aliphatic rings. The molecule has 2 unspecified atom stereocenters. The highest BCUT2D eigenvalue weighted by atomic mass is 19.2. The average Bonchev–Trinajstić information content (AvgIpc) is 2.39. The normalized spacial score (nSPS) is 23.3. The van der Waals surface area contributed by atoms with E-state index in [1.165, 1.54) is 37.8 Å². The molecule has 0 bridgehead atoms. The largest absolute Gasteiger partial charge is 0.489 e. The monoisotopic (exact) mass is 269 g/mol. The van der Waals surface area contributed by atoms with Gasteiger partial charge in [0.25, 0.3) is 0 Å². The molecule has 4 heteroatoms. The Bertz CT molecular complexity index is 411. The third-order valence-electron chi connectivity index (χ3n) is 3.65. The summed E-state index contributed by atoms with van der Waals surface area (Å²) in [5.41, 5.74) is 0. The summed E-state index contributed by atoms with van der Waals surface area (Å²) in [6.07, 6.45) is 4.95. The lowest BCUT2D eigenvalue weighted by Gasteiger charge is -2.27. The first kappa shape index (κ1) is 14.3. The Hall–Kier alpha value is -1.16. The quantitative estimate of drug-likeness (QED) is 0.826. The molecule has 1 fully saturated rings. The van der Waals surface area contributed by atoms with Crippen LogP contribution in [0.1, 0.15) is 32.6 Å². The van der Waals surface area contributed by atoms with Gasteiger partial charge in [0.1, 0.15) is 6.61 Å². The molecule has 2 atom stereocenters. The molecule has 1 aromatic carbocycles. The van der Waals surface area contributed by atoms with Crippen molar-refractivity contribution in [2.24, 2.45) is 5.92 Å². The third kappa shape index (κ3) is 4.16. The van der Waals surface area contributed by atoms with Gasteiger partial charge in [-0.15, -0.1) is 0 Å². The zero-order valence-corrected chi connectivity index (χ0v) is 11.3. The number of hydrogen-bond donors (Lipinski definition) is 1. The molecule has 1 aliphatic carbocycles. The van der Waals surface area contributed by atoms with E-state index in [0.717, 1.165) is 12.0 Å². The minimum Gasteiger partial charge on any atom is -0.489 e. The topological polar surface area (TPSA) is 21.3 Å². The van der Waals surface area contributed by atoms with E-state index in [0.29, 0.717) is 19.2 Å². The number of benzene rings is 1. The van der Waals surface area contributed by atoms with Crippen molar-refractivity contribution < 1.29 is 13.5 Å². The summed E-state index contributed by atoms with van der Waals surface area (Å²) in [4.78, 5) is 0. The van der Waals surface area contributed by atoms with E-state index in [4.69, 9.17) is 4.74 Å². The van der Waals surface area contributed by atoms with Crippen molar-refractivity contribution in [1.82, 2.24) is 5.32 Å². The molecule has 1 N–H and O–H groups in total. The predicted octanol–water partition coefficient (Wildman–Crippen LogP) is 3.51. The molecule has 2 rings (SSSR count). The number of hydrogen-bond acceptors (Lipinski definition) is 2. The molecule has 0 aliphatic heterocycles. The highest BCUT2D eigenvalue weighted by Gasteiger charge is 2.18. The number of halogens is 2. The van der Waals surface area contributed by atoms with Crippen LogP contribution in [0.2, 0.25) is 0 Å². The lowest BCUT2D eigenvalue weighted by Crippen LogP contribution is -2.36. The van der Waals surface area contributed by atoms with Crippen molar-refractivity contribution in [3.8, 4) is 5.75 Å². The van der Waals surface area contributed by atoms with Crippen LogP contribution in [0.4, 0.5) is 8.78 Å². The molecule has 106 valence electrons. The van der Waals surface area contributed by atoms with Crippen LogP contribution in [0, 0.1) is 17.6 Å². The van der Waals surface area contributed by atoms with Gasteiger partial charge >= 0.3 is 0 Å². The molecule has 0 saturated heterocycles. The summed E-state index contributed by atoms with van der Waals surface area (Å²) >= 11 is 0. The lowest BCUT2D eigenvalue weighted by molar-refractivity contribution is 0.258. The number of nitrogens with one attached hydrogen (secondary N) is 1. The van der Waals surface area contributed by atoms with E-state index in [1.54, 1.807) is 0 Å². The maximum atomic E-state index is 13.3. The fourth-order valence-electron chi connectivity index (χ4n) is 2.64. The van der Waals surface area contributed by atoms with Crippen molar-refractivity contribution in [1.29, 1.82) is 0 Å². The summed E-state index contributed by atoms with van der Waals surface area (Å²) in [7, 11) is 0. The molecule has 0 amide bonds. The first-order valence-electron chi connectivity index (χ1n) is 6.97. The summed E-state index contributed by atoms with van der Waals surface area (Å²) in [6.45, 7) is 3.28. The van der Waals surface area contributed by atoms with Crippen LogP contribution < -0.4 is 10.1 Å². The zero-order chi connectivity index (χ0) is 13.7. The molecular formula is C15H21F2NO. The van der Waals surface area contributed by atoms with Gasteiger partial charge in [-0.3, -0.25) is 0 Å². The highest BCUT2D eigenvalue weighted by Crippen LogP contribution is 2.23. The van der Waals surface area contributed by atoms with Gasteiger partial charge in [-0.2, -0.15) is 4.39 Å². The maximum Gasteiger partial charge on any atom is 0.200 e. The van der Waals surface area contributed by atoms with E-state index in [9.17, 15) is 8.78 Å². The van der Waals surface area contributed by atoms with Gasteiger partial charge in [0, 0.05) is 12.6 Å². The maximum absolute atomic E-state index is 13.3. The van der Waals surface area contributed by atoms with Gasteiger partial charge in [-0.1, -0.05) is 25.8 Å². The first-order valence-corrected chi connectivity index (χ1v) is 6.97. The standard InChI is InChI=1S/C15H21F2NO/c1-11-4-2-5-12(10-11)18-8-9-19-14-7-3-6-13(16)15(14)17/h3,6-7,11-12,18H,2,4-5,8-10H2,1H3. The fraction of sp³-hybridized carbons (Fsp3) is 0.600. The molecule has 0 aromatic heterocycles. The Balaban J connectivity index is 1.70. The van der Waals surface area contributed by atoms with Gasteiger partial charge in [-0.05, 0) is 30.9 Å². The van der Waals surface area contributed by atoms with E-state index in [1.807, 2.05) is 0 Å². The second-order valence-electron chi connectivity index (χ2n) is 5.32. The summed E-state index contributed by atoms with van der Waals surface area (Å²) in [5, 5.41) is 3.42. The van der Waals surface area contributed by atoms with Crippen molar-refractivity contribution >= 4 is 0 Å². The van der Waals surface area contributed by atoms with Crippen LogP contribution in [0.3, 0.4) is 0 Å². The van der Waals surface area contributed by atoms with Crippen LogP contribution in [0.15, 0.2) is 18.2 Å². The van der Waals surface area contributed by atoms with Crippen LogP contribution in [-0.2, 0) is 0 Å². The fourth-order valence-corrected chi connectivity index (χ4v) is 2.64. The number of ether oxygens (including phenoxy) is 1. The Morgan fingerprint density at radius 2 is 2.16 bits per heavy atom. The second kappa shape index (κ2) is 6.85. The smallest absolute Gasteiger partial charge is 0.200 e. The van der Waals surface area contributed by atoms with Crippen molar-refractivity contribution in [3.63, 3.8) is 0 Å². The Labute approximate surface area is 113 Å². The zero-order valence-electron chi connectivity index (χ0n) is 11.3. The molecule has 1 aromatic rings. The molecule has 1 saturated carbocycles. The minimum atomic E-state index is -0.909. The predicted molar refractivity (Wildman–Crippen MR) is 71.3 cm³/mol. The molecule has 0 spiro atoms. The Morgan fingerprint density at radius 1 is 1.32 bits per heavy atom. The second-order valence-corrected chi connectivity index (χ2v) is 5.32. The minimum absolute atomic E-state index is 0.0150. The molecule has 0 radical (unpaired) electrons. The van der Waals surface area contributed by atoms with Gasteiger partial charge < -0.3 is 10.1 Å². The Morgan fingerprint density at radius 3 is 2.95 bits per heavy atom. The summed E-state index contributed by atoms with van der Waals surface area (Å²) < 4.78 is 31.5.